The van der Waals surface area contributed by atoms with E-state index in [-0.39, 0.29) is 34.4 Å². The molecule has 0 spiro atoms. The molecule has 0 saturated carbocycles. The number of ether oxygens (including phenoxy) is 2. The molecule has 0 aliphatic heterocycles. The van der Waals surface area contributed by atoms with E-state index in [4.69, 9.17) is 18.3 Å². The molecule has 0 fully saturated rings. The van der Waals surface area contributed by atoms with Gasteiger partial charge >= 0.3 is 23.2 Å². The van der Waals surface area contributed by atoms with Crippen LogP contribution in [0, 0.1) is 20.2 Å². The lowest BCUT2D eigenvalue weighted by Crippen LogP contribution is -2.35. The van der Waals surface area contributed by atoms with Gasteiger partial charge in [-0.3, -0.25) is 29.8 Å². The fourth-order valence-corrected chi connectivity index (χ4v) is 3.54. The van der Waals surface area contributed by atoms with Crippen molar-refractivity contribution in [1.82, 2.24) is 10.9 Å². The molecule has 2 N–H and O–H groups in total. The number of amides is 2. The Morgan fingerprint density at radius 3 is 1.48 bits per heavy atom. The van der Waals surface area contributed by atoms with E-state index in [2.05, 4.69) is 10.2 Å². The van der Waals surface area contributed by atoms with Crippen molar-refractivity contribution in [1.29, 1.82) is 0 Å². The molecule has 0 unspecified atom stereocenters. The summed E-state index contributed by atoms with van der Waals surface area (Å²) in [5, 5.41) is 29.8. The van der Waals surface area contributed by atoms with Crippen molar-refractivity contribution in [3.63, 3.8) is 0 Å². The highest BCUT2D eigenvalue weighted by Gasteiger charge is 2.18. The normalized spacial score (nSPS) is 11.0. The van der Waals surface area contributed by atoms with Gasteiger partial charge in [-0.2, -0.15) is 10.2 Å². The van der Waals surface area contributed by atoms with Gasteiger partial charge in [0.05, 0.1) is 36.5 Å². The highest BCUT2D eigenvalue weighted by Crippen LogP contribution is 2.34. The molecule has 4 aromatic rings. The number of carbonyl (C=O) groups is 2. The molecule has 16 nitrogen and oxygen atoms in total. The summed E-state index contributed by atoms with van der Waals surface area (Å²) in [6.07, 6.45) is 2.26. The number of hydrazone groups is 2. The second-order valence-electron chi connectivity index (χ2n) is 8.09. The molecular weight excluding hydrogens is 556 g/mol. The van der Waals surface area contributed by atoms with Crippen molar-refractivity contribution < 1.29 is 37.7 Å². The van der Waals surface area contributed by atoms with Crippen LogP contribution in [0.25, 0.3) is 22.6 Å². The van der Waals surface area contributed by atoms with E-state index >= 15 is 0 Å². The number of methoxy groups -OCH3 is 2. The molecule has 0 atom stereocenters. The van der Waals surface area contributed by atoms with E-state index in [1.54, 1.807) is 24.3 Å². The van der Waals surface area contributed by atoms with Crippen molar-refractivity contribution in [2.24, 2.45) is 10.2 Å². The Balaban J connectivity index is 1.31. The third kappa shape index (κ3) is 6.63. The summed E-state index contributed by atoms with van der Waals surface area (Å²) in [7, 11) is 2.64. The highest BCUT2D eigenvalue weighted by molar-refractivity contribution is 6.35. The van der Waals surface area contributed by atoms with Gasteiger partial charge in [0, 0.05) is 23.3 Å². The zero-order valence-corrected chi connectivity index (χ0v) is 21.8. The van der Waals surface area contributed by atoms with Crippen LogP contribution >= 0.6 is 0 Å². The third-order valence-corrected chi connectivity index (χ3v) is 5.50. The van der Waals surface area contributed by atoms with Gasteiger partial charge in [0.25, 0.3) is 0 Å². The summed E-state index contributed by atoms with van der Waals surface area (Å²) < 4.78 is 21.1. The molecule has 0 saturated heterocycles. The number of furan rings is 2. The maximum absolute atomic E-state index is 12.0. The average molecular weight is 576 g/mol. The van der Waals surface area contributed by atoms with Crippen LogP contribution in [0.2, 0.25) is 0 Å². The molecule has 2 amide bonds. The van der Waals surface area contributed by atoms with Crippen LogP contribution < -0.4 is 20.3 Å². The minimum Gasteiger partial charge on any atom is -0.490 e. The number of hydrogen-bond donors (Lipinski definition) is 2. The van der Waals surface area contributed by atoms with Crippen molar-refractivity contribution >= 4 is 35.6 Å². The monoisotopic (exact) mass is 576 g/mol. The van der Waals surface area contributed by atoms with E-state index < -0.39 is 21.7 Å². The molecule has 214 valence electrons. The zero-order valence-electron chi connectivity index (χ0n) is 21.8. The smallest absolute Gasteiger partial charge is 0.331 e. The molecule has 0 aliphatic rings. The predicted octanol–water partition coefficient (Wildman–Crippen LogP) is 3.64. The van der Waals surface area contributed by atoms with Gasteiger partial charge in [-0.15, -0.1) is 0 Å². The molecule has 0 bridgehead atoms. The van der Waals surface area contributed by atoms with Crippen LogP contribution in [0.1, 0.15) is 11.5 Å². The number of nitro groups is 2. The lowest BCUT2D eigenvalue weighted by atomic mass is 10.1. The van der Waals surface area contributed by atoms with Crippen molar-refractivity contribution in [3.8, 4) is 34.1 Å². The quantitative estimate of drug-likeness (QED) is 0.121. The van der Waals surface area contributed by atoms with E-state index in [0.717, 1.165) is 12.4 Å². The Labute approximate surface area is 235 Å². The minimum absolute atomic E-state index is 0.0955. The molecule has 2 aromatic heterocycles. The summed E-state index contributed by atoms with van der Waals surface area (Å²) in [6.45, 7) is 0. The van der Waals surface area contributed by atoms with Crippen LogP contribution in [0.5, 0.6) is 11.5 Å². The predicted molar refractivity (Wildman–Crippen MR) is 146 cm³/mol. The second kappa shape index (κ2) is 12.7. The number of nitrogens with zero attached hydrogens (tertiary/aromatic N) is 4. The second-order valence-corrected chi connectivity index (χ2v) is 8.09. The first-order valence-corrected chi connectivity index (χ1v) is 11.7. The molecule has 0 radical (unpaired) electrons. The van der Waals surface area contributed by atoms with Crippen molar-refractivity contribution in [2.75, 3.05) is 14.2 Å². The summed E-state index contributed by atoms with van der Waals surface area (Å²) in [5.41, 5.74) is 4.37. The highest BCUT2D eigenvalue weighted by atomic mass is 16.6. The van der Waals surface area contributed by atoms with Crippen molar-refractivity contribution in [2.45, 2.75) is 0 Å². The molecular formula is C26H20N6O10. The van der Waals surface area contributed by atoms with E-state index in [1.165, 1.54) is 50.6 Å². The molecule has 2 aromatic carbocycles. The Morgan fingerprint density at radius 1 is 0.714 bits per heavy atom. The van der Waals surface area contributed by atoms with E-state index in [0.29, 0.717) is 22.6 Å². The number of nitro benzene ring substituents is 2. The molecule has 16 heteroatoms. The maximum atomic E-state index is 12.0. The van der Waals surface area contributed by atoms with Crippen LogP contribution in [-0.2, 0) is 9.59 Å². The Morgan fingerprint density at radius 2 is 1.12 bits per heavy atom. The van der Waals surface area contributed by atoms with Gasteiger partial charge in [-0.25, -0.2) is 10.9 Å². The zero-order chi connectivity index (χ0) is 30.2. The van der Waals surface area contributed by atoms with Crippen molar-refractivity contribution in [3.05, 3.63) is 92.4 Å². The number of rotatable bonds is 10. The maximum Gasteiger partial charge on any atom is 0.331 e. The summed E-state index contributed by atoms with van der Waals surface area (Å²) in [4.78, 5) is 45.3. The Kier molecular flexibility index (Phi) is 8.67. The lowest BCUT2D eigenvalue weighted by Gasteiger charge is -2.03. The van der Waals surface area contributed by atoms with E-state index in [1.807, 2.05) is 10.9 Å². The number of benzene rings is 2. The molecule has 42 heavy (non-hydrogen) atoms. The molecule has 2 heterocycles. The SMILES string of the molecule is COc1ccc(-c2ccc(C=NNC(=O)C(=O)NN=Cc3ccc(-c4ccc(OC)c([N+](=O)[O-])c4)o3)o2)cc1[N+](=O)[O-]. The summed E-state index contributed by atoms with van der Waals surface area (Å²) in [6, 6.07) is 14.7. The number of hydrogen-bond acceptors (Lipinski definition) is 12. The Hall–Kier alpha value is -6.32. The number of carbonyl (C=O) groups excluding carboxylic acids is 2. The fraction of sp³-hybridized carbons (Fsp3) is 0.0769. The van der Waals surface area contributed by atoms with Gasteiger partial charge in [-0.1, -0.05) is 0 Å². The molecule has 4 rings (SSSR count). The lowest BCUT2D eigenvalue weighted by molar-refractivity contribution is -0.385. The average Bonchev–Trinajstić information content (AvgIpc) is 3.66. The van der Waals surface area contributed by atoms with Gasteiger partial charge < -0.3 is 18.3 Å². The summed E-state index contributed by atoms with van der Waals surface area (Å²) >= 11 is 0. The first-order chi connectivity index (χ1) is 20.2. The standard InChI is InChI=1S/C26H20N6O10/c1-39-23-7-3-15(11-19(23)31(35)36)21-9-5-17(41-21)13-27-29-25(33)26(34)30-28-14-18-6-10-22(42-18)16-4-8-24(40-2)20(12-16)32(37)38/h3-14H,1-2H3,(H,29,33)(H,30,34). The summed E-state index contributed by atoms with van der Waals surface area (Å²) in [5.74, 6) is -1.09. The van der Waals surface area contributed by atoms with Gasteiger partial charge in [-0.05, 0) is 48.5 Å². The van der Waals surface area contributed by atoms with Gasteiger partial charge in [0.2, 0.25) is 0 Å². The van der Waals surface area contributed by atoms with Gasteiger partial charge in [0.15, 0.2) is 11.5 Å². The third-order valence-electron chi connectivity index (χ3n) is 5.50. The minimum atomic E-state index is -1.13. The topological polar surface area (TPSA) is 214 Å². The largest absolute Gasteiger partial charge is 0.490 e. The van der Waals surface area contributed by atoms with Crippen LogP contribution in [-0.4, -0.2) is 48.3 Å². The fourth-order valence-electron chi connectivity index (χ4n) is 3.54. The first-order valence-electron chi connectivity index (χ1n) is 11.7. The Bertz CT molecular complexity index is 1600. The van der Waals surface area contributed by atoms with E-state index in [9.17, 15) is 29.8 Å². The van der Waals surface area contributed by atoms with Crippen LogP contribution in [0.3, 0.4) is 0 Å². The molecule has 0 aliphatic carbocycles. The first kappa shape index (κ1) is 28.7. The number of nitrogens with one attached hydrogen (secondary N) is 2. The van der Waals surface area contributed by atoms with Crippen LogP contribution in [0.15, 0.2) is 79.7 Å². The van der Waals surface area contributed by atoms with Crippen LogP contribution in [0.4, 0.5) is 11.4 Å². The van der Waals surface area contributed by atoms with Gasteiger partial charge in [0.1, 0.15) is 23.0 Å².